The Hall–Kier alpha value is -1.83. The van der Waals surface area contributed by atoms with Crippen LogP contribution in [0.15, 0.2) is 18.2 Å². The number of nitrogens with zero attached hydrogens (tertiary/aromatic N) is 1. The van der Waals surface area contributed by atoms with Gasteiger partial charge in [-0.25, -0.2) is 0 Å². The van der Waals surface area contributed by atoms with Crippen LogP contribution < -0.4 is 9.47 Å². The quantitative estimate of drug-likeness (QED) is 0.743. The van der Waals surface area contributed by atoms with Gasteiger partial charge in [0, 0.05) is 6.42 Å². The van der Waals surface area contributed by atoms with Crippen molar-refractivity contribution in [3.8, 4) is 17.6 Å². The second-order valence-electron chi connectivity index (χ2n) is 3.46. The number of ether oxygens (including phenoxy) is 2. The first-order valence-corrected chi connectivity index (χ1v) is 4.86. The van der Waals surface area contributed by atoms with Gasteiger partial charge in [0.15, 0.2) is 11.5 Å². The molecule has 84 valence electrons. The van der Waals surface area contributed by atoms with Crippen molar-refractivity contribution in [3.05, 3.63) is 23.8 Å². The third kappa shape index (κ3) is 2.22. The summed E-state index contributed by atoms with van der Waals surface area (Å²) in [4.78, 5) is 0. The molecule has 0 atom stereocenters. The zero-order valence-corrected chi connectivity index (χ0v) is 8.37. The molecule has 1 aromatic carbocycles. The van der Waals surface area contributed by atoms with Gasteiger partial charge in [0.2, 0.25) is 0 Å². The highest BCUT2D eigenvalue weighted by atomic mass is 19.3. The van der Waals surface area contributed by atoms with E-state index in [0.29, 0.717) is 19.3 Å². The molecule has 1 aliphatic rings. The fraction of sp³-hybridized carbons (Fsp3) is 0.364. The summed E-state index contributed by atoms with van der Waals surface area (Å²) in [6.45, 7) is 0. The maximum atomic E-state index is 12.7. The van der Waals surface area contributed by atoms with Crippen molar-refractivity contribution in [2.75, 3.05) is 0 Å². The second-order valence-corrected chi connectivity index (χ2v) is 3.46. The van der Waals surface area contributed by atoms with Crippen LogP contribution >= 0.6 is 0 Å². The second kappa shape index (κ2) is 3.97. The first-order chi connectivity index (χ1) is 7.61. The van der Waals surface area contributed by atoms with Crippen molar-refractivity contribution in [1.82, 2.24) is 0 Å². The largest absolute Gasteiger partial charge is 0.586 e. The van der Waals surface area contributed by atoms with Crippen LogP contribution in [0.4, 0.5) is 8.78 Å². The standard InChI is InChI=1S/C11H9F2NO2/c12-11(13)15-9-5-4-8(3-1-2-6-14)7-10(9)16-11/h4-5,7H,1-3H2. The minimum absolute atomic E-state index is 0.0500. The fourth-order valence-electron chi connectivity index (χ4n) is 1.52. The Kier molecular flexibility index (Phi) is 2.65. The number of benzene rings is 1. The van der Waals surface area contributed by atoms with Crippen LogP contribution in [0.25, 0.3) is 0 Å². The summed E-state index contributed by atoms with van der Waals surface area (Å²) >= 11 is 0. The Balaban J connectivity index is 2.08. The summed E-state index contributed by atoms with van der Waals surface area (Å²) in [7, 11) is 0. The molecule has 2 rings (SSSR count). The summed E-state index contributed by atoms with van der Waals surface area (Å²) < 4.78 is 34.0. The summed E-state index contributed by atoms with van der Waals surface area (Å²) in [5, 5.41) is 8.37. The molecule has 1 heterocycles. The van der Waals surface area contributed by atoms with Gasteiger partial charge >= 0.3 is 6.29 Å². The fourth-order valence-corrected chi connectivity index (χ4v) is 1.52. The van der Waals surface area contributed by atoms with Gasteiger partial charge in [-0.1, -0.05) is 6.07 Å². The van der Waals surface area contributed by atoms with E-state index < -0.39 is 6.29 Å². The maximum Gasteiger partial charge on any atom is 0.586 e. The van der Waals surface area contributed by atoms with Crippen molar-refractivity contribution in [2.24, 2.45) is 0 Å². The van der Waals surface area contributed by atoms with Crippen LogP contribution in [-0.2, 0) is 6.42 Å². The number of alkyl halides is 2. The van der Waals surface area contributed by atoms with Crippen LogP contribution in [0, 0.1) is 11.3 Å². The molecule has 1 aliphatic heterocycles. The third-order valence-electron chi connectivity index (χ3n) is 2.22. The Morgan fingerprint density at radius 1 is 1.25 bits per heavy atom. The molecule has 0 spiro atoms. The molecule has 5 heteroatoms. The van der Waals surface area contributed by atoms with Crippen LogP contribution in [0.1, 0.15) is 18.4 Å². The van der Waals surface area contributed by atoms with E-state index in [1.54, 1.807) is 6.07 Å². The third-order valence-corrected chi connectivity index (χ3v) is 2.22. The van der Waals surface area contributed by atoms with Gasteiger partial charge in [-0.05, 0) is 30.5 Å². The van der Waals surface area contributed by atoms with E-state index in [4.69, 9.17) is 5.26 Å². The Morgan fingerprint density at radius 2 is 2.00 bits per heavy atom. The number of fused-ring (bicyclic) bond motifs is 1. The molecule has 1 aromatic rings. The molecule has 0 aliphatic carbocycles. The summed E-state index contributed by atoms with van der Waals surface area (Å²) in [6.07, 6.45) is -1.75. The zero-order valence-electron chi connectivity index (χ0n) is 8.37. The highest BCUT2D eigenvalue weighted by Crippen LogP contribution is 2.41. The number of rotatable bonds is 3. The average Bonchev–Trinajstić information content (AvgIpc) is 2.51. The lowest BCUT2D eigenvalue weighted by atomic mass is 10.1. The highest BCUT2D eigenvalue weighted by molar-refractivity contribution is 5.45. The molecule has 0 bridgehead atoms. The minimum Gasteiger partial charge on any atom is -0.395 e. The number of unbranched alkanes of at least 4 members (excludes halogenated alkanes) is 1. The van der Waals surface area contributed by atoms with Gasteiger partial charge in [0.05, 0.1) is 6.07 Å². The lowest BCUT2D eigenvalue weighted by Crippen LogP contribution is -2.25. The van der Waals surface area contributed by atoms with E-state index in [9.17, 15) is 8.78 Å². The van der Waals surface area contributed by atoms with Crippen LogP contribution in [-0.4, -0.2) is 6.29 Å². The van der Waals surface area contributed by atoms with Crippen LogP contribution in [0.3, 0.4) is 0 Å². The highest BCUT2D eigenvalue weighted by Gasteiger charge is 2.43. The first kappa shape index (κ1) is 10.7. The van der Waals surface area contributed by atoms with E-state index in [1.807, 2.05) is 6.07 Å². The predicted molar refractivity (Wildman–Crippen MR) is 51.2 cm³/mol. The lowest BCUT2D eigenvalue weighted by Gasteiger charge is -2.04. The smallest absolute Gasteiger partial charge is 0.395 e. The molecule has 0 saturated heterocycles. The van der Waals surface area contributed by atoms with E-state index in [2.05, 4.69) is 9.47 Å². The predicted octanol–water partition coefficient (Wildman–Crippen LogP) is 2.85. The normalized spacial score (nSPS) is 15.8. The summed E-state index contributed by atoms with van der Waals surface area (Å²) in [6, 6.07) is 6.70. The van der Waals surface area contributed by atoms with Gasteiger partial charge in [-0.3, -0.25) is 0 Å². The Bertz CT molecular complexity index is 440. The molecular formula is C11H9F2NO2. The van der Waals surface area contributed by atoms with Crippen molar-refractivity contribution >= 4 is 0 Å². The summed E-state index contributed by atoms with van der Waals surface area (Å²) in [5.41, 5.74) is 0.857. The van der Waals surface area contributed by atoms with E-state index in [1.165, 1.54) is 12.1 Å². The number of hydrogen-bond acceptors (Lipinski definition) is 3. The number of aryl methyl sites for hydroxylation is 1. The van der Waals surface area contributed by atoms with Gasteiger partial charge in [0.1, 0.15) is 0 Å². The van der Waals surface area contributed by atoms with E-state index in [0.717, 1.165) is 5.56 Å². The topological polar surface area (TPSA) is 42.2 Å². The average molecular weight is 225 g/mol. The lowest BCUT2D eigenvalue weighted by molar-refractivity contribution is -0.286. The molecule has 0 N–H and O–H groups in total. The molecule has 0 amide bonds. The molecule has 0 saturated carbocycles. The molecule has 0 aromatic heterocycles. The van der Waals surface area contributed by atoms with Crippen LogP contribution in [0.5, 0.6) is 11.5 Å². The monoisotopic (exact) mass is 225 g/mol. The Morgan fingerprint density at radius 3 is 2.75 bits per heavy atom. The van der Waals surface area contributed by atoms with Crippen molar-refractivity contribution in [1.29, 1.82) is 5.26 Å². The van der Waals surface area contributed by atoms with Gasteiger partial charge in [-0.2, -0.15) is 5.26 Å². The number of nitriles is 1. The minimum atomic E-state index is -3.56. The molecule has 0 radical (unpaired) electrons. The first-order valence-electron chi connectivity index (χ1n) is 4.86. The van der Waals surface area contributed by atoms with Crippen molar-refractivity contribution in [3.63, 3.8) is 0 Å². The van der Waals surface area contributed by atoms with Gasteiger partial charge < -0.3 is 9.47 Å². The SMILES string of the molecule is N#CCCCc1ccc2c(c1)OC(F)(F)O2. The maximum absolute atomic E-state index is 12.7. The Labute approximate surface area is 91.2 Å². The summed E-state index contributed by atoms with van der Waals surface area (Å²) in [5.74, 6) is 0.105. The van der Waals surface area contributed by atoms with Gasteiger partial charge in [0.25, 0.3) is 0 Å². The van der Waals surface area contributed by atoms with E-state index >= 15 is 0 Å². The number of hydrogen-bond donors (Lipinski definition) is 0. The molecular weight excluding hydrogens is 216 g/mol. The van der Waals surface area contributed by atoms with Crippen molar-refractivity contribution < 1.29 is 18.3 Å². The molecule has 0 fully saturated rings. The molecule has 3 nitrogen and oxygen atoms in total. The van der Waals surface area contributed by atoms with Gasteiger partial charge in [-0.15, -0.1) is 8.78 Å². The van der Waals surface area contributed by atoms with E-state index in [-0.39, 0.29) is 11.5 Å². The van der Waals surface area contributed by atoms with Crippen molar-refractivity contribution in [2.45, 2.75) is 25.6 Å². The zero-order chi connectivity index (χ0) is 11.6. The van der Waals surface area contributed by atoms with Crippen LogP contribution in [0.2, 0.25) is 0 Å². The molecule has 16 heavy (non-hydrogen) atoms. The molecule has 0 unspecified atom stereocenters. The number of halogens is 2.